The van der Waals surface area contributed by atoms with E-state index in [2.05, 4.69) is 15.0 Å². The van der Waals surface area contributed by atoms with Crippen molar-refractivity contribution in [2.24, 2.45) is 0 Å². The first-order chi connectivity index (χ1) is 21.9. The maximum Gasteiger partial charge on any atom is 0.434 e. The SMILES string of the molecule is [2H]C([2H])([2H])Oc1ncnc(C2CC2)c1-c1nc2c3c(nn(Cc4ccc(-c5nc(C(F)(F)F)cn5C(C)C)cc4)c3n1)CCCC2. The molecule has 2 aliphatic carbocycles. The van der Waals surface area contributed by atoms with Gasteiger partial charge in [-0.15, -0.1) is 0 Å². The predicted octanol–water partition coefficient (Wildman–Crippen LogP) is 6.56. The van der Waals surface area contributed by atoms with Gasteiger partial charge >= 0.3 is 6.18 Å². The number of imidazole rings is 1. The number of ether oxygens (including phenoxy) is 1. The van der Waals surface area contributed by atoms with Gasteiger partial charge in [-0.2, -0.15) is 18.3 Å². The third-order valence-corrected chi connectivity index (χ3v) is 8.07. The molecule has 2 aliphatic rings. The van der Waals surface area contributed by atoms with Gasteiger partial charge in [0.05, 0.1) is 40.2 Å². The van der Waals surface area contributed by atoms with E-state index < -0.39 is 18.9 Å². The topological polar surface area (TPSA) is 96.4 Å². The van der Waals surface area contributed by atoms with E-state index in [-0.39, 0.29) is 23.7 Å². The second kappa shape index (κ2) is 10.4. The summed E-state index contributed by atoms with van der Waals surface area (Å²) in [6, 6.07) is 7.01. The second-order valence-electron chi connectivity index (χ2n) is 11.5. The molecule has 0 bridgehead atoms. The maximum absolute atomic E-state index is 13.4. The number of benzene rings is 1. The van der Waals surface area contributed by atoms with E-state index in [0.717, 1.165) is 60.6 Å². The maximum atomic E-state index is 13.4. The summed E-state index contributed by atoms with van der Waals surface area (Å²) in [5.41, 5.74) is 3.91. The summed E-state index contributed by atoms with van der Waals surface area (Å²) in [7, 11) is -2.72. The van der Waals surface area contributed by atoms with E-state index in [9.17, 15) is 13.2 Å². The van der Waals surface area contributed by atoms with Gasteiger partial charge in [-0.25, -0.2) is 29.6 Å². The molecule has 1 saturated carbocycles. The molecule has 0 atom stereocenters. The molecule has 9 nitrogen and oxygen atoms in total. The minimum atomic E-state index is -4.54. The molecule has 7 rings (SSSR count). The molecular formula is C31H31F3N8O. The molecule has 0 unspecified atom stereocenters. The van der Waals surface area contributed by atoms with Crippen molar-refractivity contribution >= 4 is 11.0 Å². The molecule has 1 aromatic carbocycles. The lowest BCUT2D eigenvalue weighted by Gasteiger charge is -2.13. The lowest BCUT2D eigenvalue weighted by molar-refractivity contribution is -0.140. The zero-order chi connectivity index (χ0) is 32.4. The van der Waals surface area contributed by atoms with Gasteiger partial charge in [-0.05, 0) is 57.9 Å². The third kappa shape index (κ3) is 5.02. The number of methoxy groups -OCH3 is 1. The van der Waals surface area contributed by atoms with Crippen molar-refractivity contribution in [3.05, 3.63) is 65.1 Å². The van der Waals surface area contributed by atoms with E-state index in [4.69, 9.17) is 23.9 Å². The van der Waals surface area contributed by atoms with Gasteiger partial charge < -0.3 is 9.30 Å². The van der Waals surface area contributed by atoms with Crippen molar-refractivity contribution in [1.82, 2.24) is 39.3 Å². The van der Waals surface area contributed by atoms with E-state index in [0.29, 0.717) is 41.3 Å². The zero-order valence-corrected chi connectivity index (χ0v) is 23.7. The fourth-order valence-corrected chi connectivity index (χ4v) is 5.79. The van der Waals surface area contributed by atoms with Crippen LogP contribution < -0.4 is 4.74 Å². The first-order valence-electron chi connectivity index (χ1n) is 15.9. The number of aryl methyl sites for hydroxylation is 2. The van der Waals surface area contributed by atoms with E-state index in [1.807, 2.05) is 26.0 Å². The third-order valence-electron chi connectivity index (χ3n) is 8.07. The first kappa shape index (κ1) is 24.1. The van der Waals surface area contributed by atoms with Crippen LogP contribution >= 0.6 is 0 Å². The van der Waals surface area contributed by atoms with Crippen LogP contribution in [-0.2, 0) is 25.6 Å². The number of nitrogens with zero attached hydrogens (tertiary/aromatic N) is 8. The Morgan fingerprint density at radius 1 is 1.02 bits per heavy atom. The van der Waals surface area contributed by atoms with Crippen molar-refractivity contribution < 1.29 is 22.0 Å². The second-order valence-corrected chi connectivity index (χ2v) is 11.5. The van der Waals surface area contributed by atoms with E-state index in [1.165, 1.54) is 10.9 Å². The van der Waals surface area contributed by atoms with E-state index in [1.54, 1.807) is 16.8 Å². The van der Waals surface area contributed by atoms with Gasteiger partial charge in [0.15, 0.2) is 17.2 Å². The molecule has 0 saturated heterocycles. The Kier molecular flexibility index (Phi) is 5.85. The highest BCUT2D eigenvalue weighted by Gasteiger charge is 2.35. The number of hydrogen-bond acceptors (Lipinski definition) is 7. The molecule has 0 spiro atoms. The Labute approximate surface area is 250 Å². The molecule has 222 valence electrons. The first-order valence-corrected chi connectivity index (χ1v) is 14.4. The van der Waals surface area contributed by atoms with Crippen LogP contribution in [0.1, 0.15) is 83.9 Å². The monoisotopic (exact) mass is 591 g/mol. The molecule has 0 radical (unpaired) electrons. The minimum Gasteiger partial charge on any atom is -0.480 e. The molecule has 5 aromatic rings. The Morgan fingerprint density at radius 3 is 2.49 bits per heavy atom. The van der Waals surface area contributed by atoms with Gasteiger partial charge in [-0.1, -0.05) is 24.3 Å². The molecule has 0 N–H and O–H groups in total. The summed E-state index contributed by atoms with van der Waals surface area (Å²) < 4.78 is 72.1. The number of alkyl halides is 3. The predicted molar refractivity (Wildman–Crippen MR) is 154 cm³/mol. The summed E-state index contributed by atoms with van der Waals surface area (Å²) in [5, 5.41) is 5.82. The summed E-state index contributed by atoms with van der Waals surface area (Å²) >= 11 is 0. The van der Waals surface area contributed by atoms with Crippen LogP contribution in [0.2, 0.25) is 0 Å². The quantitative estimate of drug-likeness (QED) is 0.212. The minimum absolute atomic E-state index is 0.0765. The van der Waals surface area contributed by atoms with Crippen LogP contribution in [0, 0.1) is 0 Å². The van der Waals surface area contributed by atoms with Gasteiger partial charge in [0, 0.05) is 23.7 Å². The Balaban J connectivity index is 1.29. The molecule has 1 fully saturated rings. The van der Waals surface area contributed by atoms with Crippen molar-refractivity contribution in [2.75, 3.05) is 7.04 Å². The highest BCUT2D eigenvalue weighted by atomic mass is 19.4. The van der Waals surface area contributed by atoms with Crippen LogP contribution in [0.5, 0.6) is 5.88 Å². The number of halogens is 3. The average Bonchev–Trinajstić information content (AvgIpc) is 3.68. The van der Waals surface area contributed by atoms with Crippen molar-refractivity contribution in [1.29, 1.82) is 0 Å². The van der Waals surface area contributed by atoms with Crippen LogP contribution in [0.3, 0.4) is 0 Å². The lowest BCUT2D eigenvalue weighted by atomic mass is 10.1. The average molecular weight is 592 g/mol. The Hall–Kier alpha value is -4.35. The summed E-state index contributed by atoms with van der Waals surface area (Å²) in [5.74, 6) is 0.618. The summed E-state index contributed by atoms with van der Waals surface area (Å²) in [4.78, 5) is 22.5. The van der Waals surface area contributed by atoms with Crippen molar-refractivity contribution in [3.8, 4) is 28.7 Å². The summed E-state index contributed by atoms with van der Waals surface area (Å²) in [6.07, 6.45) is 2.99. The molecule has 43 heavy (non-hydrogen) atoms. The smallest absolute Gasteiger partial charge is 0.434 e. The van der Waals surface area contributed by atoms with Crippen molar-refractivity contribution in [3.63, 3.8) is 0 Å². The molecule has 0 aliphatic heterocycles. The Bertz CT molecular complexity index is 1930. The highest BCUT2D eigenvalue weighted by Crippen LogP contribution is 2.45. The molecule has 4 heterocycles. The normalized spacial score (nSPS) is 16.7. The fraction of sp³-hybridized carbons (Fsp3) is 0.419. The molecule has 0 amide bonds. The van der Waals surface area contributed by atoms with Crippen LogP contribution in [-0.4, -0.2) is 46.3 Å². The molecular weight excluding hydrogens is 557 g/mol. The van der Waals surface area contributed by atoms with Gasteiger partial charge in [0.25, 0.3) is 0 Å². The lowest BCUT2D eigenvalue weighted by Crippen LogP contribution is -2.07. The van der Waals surface area contributed by atoms with Crippen LogP contribution in [0.4, 0.5) is 13.2 Å². The number of hydrogen-bond donors (Lipinski definition) is 0. The van der Waals surface area contributed by atoms with Crippen LogP contribution in [0.25, 0.3) is 33.8 Å². The Morgan fingerprint density at radius 2 is 1.79 bits per heavy atom. The summed E-state index contributed by atoms with van der Waals surface area (Å²) in [6.45, 7) is 3.97. The molecule has 12 heteroatoms. The number of rotatable bonds is 7. The largest absolute Gasteiger partial charge is 0.480 e. The van der Waals surface area contributed by atoms with Crippen molar-refractivity contribution in [2.45, 2.75) is 77.1 Å². The standard InChI is InChI=1S/C31H31F3N8O/c1-17(2)41-15-23(31(32,33)34)38-28(41)20-10-8-18(9-11-20)14-42-29-24-21(6-4-5-7-22(24)40-42)37-27(39-29)25-26(19-12-13-19)35-16-36-30(25)43-3/h8-11,15-17,19H,4-7,12-14H2,1-3H3/i3D3. The van der Waals surface area contributed by atoms with Gasteiger partial charge in [-0.3, -0.25) is 0 Å². The highest BCUT2D eigenvalue weighted by molar-refractivity contribution is 5.84. The van der Waals surface area contributed by atoms with Crippen LogP contribution in [0.15, 0.2) is 36.8 Å². The van der Waals surface area contributed by atoms with E-state index >= 15 is 0 Å². The molecule has 4 aromatic heterocycles. The zero-order valence-electron chi connectivity index (χ0n) is 26.7. The number of aromatic nitrogens is 8. The fourth-order valence-electron chi connectivity index (χ4n) is 5.79. The van der Waals surface area contributed by atoms with Gasteiger partial charge in [0.2, 0.25) is 5.88 Å². The van der Waals surface area contributed by atoms with Gasteiger partial charge in [0.1, 0.15) is 17.7 Å².